The summed E-state index contributed by atoms with van der Waals surface area (Å²) in [4.78, 5) is 35.4. The quantitative estimate of drug-likeness (QED) is 0.367. The maximum atomic E-state index is 11.3. The number of methoxy groups -OCH3 is 2. The summed E-state index contributed by atoms with van der Waals surface area (Å²) in [6.07, 6.45) is 2.53. The molecule has 0 saturated carbocycles. The van der Waals surface area contributed by atoms with Crippen molar-refractivity contribution in [2.45, 2.75) is 13.0 Å². The van der Waals surface area contributed by atoms with Crippen molar-refractivity contribution in [3.05, 3.63) is 57.9 Å². The summed E-state index contributed by atoms with van der Waals surface area (Å²) >= 11 is 0. The number of hydrogen-bond donors (Lipinski definition) is 2. The Balaban J connectivity index is 0.000000656. The highest BCUT2D eigenvalue weighted by Crippen LogP contribution is 2.34. The molecule has 2 N–H and O–H groups in total. The van der Waals surface area contributed by atoms with Crippen LogP contribution in [0.3, 0.4) is 0 Å². The minimum absolute atomic E-state index is 0.0253. The number of carboxylic acid groups (broad SMARTS) is 2. The van der Waals surface area contributed by atoms with Crippen molar-refractivity contribution in [3.8, 4) is 11.5 Å². The number of benzene rings is 1. The molecule has 0 aliphatic heterocycles. The summed E-state index contributed by atoms with van der Waals surface area (Å²) in [7, 11) is 4.89. The van der Waals surface area contributed by atoms with Gasteiger partial charge in [0.1, 0.15) is 0 Å². The van der Waals surface area contributed by atoms with Gasteiger partial charge in [0.2, 0.25) is 0 Å². The average molecular weight is 421 g/mol. The Labute approximate surface area is 172 Å². The normalized spacial score (nSPS) is 10.0. The number of carbonyl (C=O) groups is 2. The Hall–Kier alpha value is -3.73. The van der Waals surface area contributed by atoms with Crippen LogP contribution < -0.4 is 9.47 Å². The first kappa shape index (κ1) is 24.3. The van der Waals surface area contributed by atoms with Crippen LogP contribution in [0.5, 0.6) is 11.5 Å². The summed E-state index contributed by atoms with van der Waals surface area (Å²) in [5.41, 5.74) is 1.60. The number of nitrogens with zero attached hydrogens (tertiary/aromatic N) is 3. The largest absolute Gasteiger partial charge is 0.493 e. The Morgan fingerprint density at radius 3 is 2.20 bits per heavy atom. The third-order valence-corrected chi connectivity index (χ3v) is 3.88. The van der Waals surface area contributed by atoms with Crippen molar-refractivity contribution in [3.63, 3.8) is 0 Å². The summed E-state index contributed by atoms with van der Waals surface area (Å²) in [6.45, 7) is 1.17. The van der Waals surface area contributed by atoms with Gasteiger partial charge in [-0.1, -0.05) is 6.07 Å². The summed E-state index contributed by atoms with van der Waals surface area (Å²) in [5.74, 6) is -2.81. The van der Waals surface area contributed by atoms with Crippen molar-refractivity contribution in [2.75, 3.05) is 27.8 Å². The fourth-order valence-corrected chi connectivity index (χ4v) is 2.43. The predicted octanol–water partition coefficient (Wildman–Crippen LogP) is 1.84. The van der Waals surface area contributed by atoms with Crippen LogP contribution in [-0.2, 0) is 22.6 Å². The second-order valence-corrected chi connectivity index (χ2v) is 6.01. The smallest absolute Gasteiger partial charge is 0.414 e. The molecular weight excluding hydrogens is 398 g/mol. The van der Waals surface area contributed by atoms with E-state index >= 15 is 0 Å². The van der Waals surface area contributed by atoms with Crippen LogP contribution in [0.15, 0.2) is 36.5 Å². The highest BCUT2D eigenvalue weighted by molar-refractivity contribution is 6.27. The topological polar surface area (TPSA) is 152 Å². The van der Waals surface area contributed by atoms with Gasteiger partial charge in [0.25, 0.3) is 5.69 Å². The molecule has 0 atom stereocenters. The average Bonchev–Trinajstić information content (AvgIpc) is 2.72. The lowest BCUT2D eigenvalue weighted by Crippen LogP contribution is -2.21. The van der Waals surface area contributed by atoms with Gasteiger partial charge in [0.05, 0.1) is 25.2 Å². The molecule has 0 amide bonds. The molecule has 1 heterocycles. The number of hydrogen-bond acceptors (Lipinski definition) is 8. The van der Waals surface area contributed by atoms with E-state index in [4.69, 9.17) is 29.3 Å². The molecule has 2 aromatic rings. The molecule has 162 valence electrons. The Kier molecular flexibility index (Phi) is 9.70. The van der Waals surface area contributed by atoms with Gasteiger partial charge in [0.15, 0.2) is 11.5 Å². The molecule has 0 aliphatic rings. The molecule has 11 heteroatoms. The second-order valence-electron chi connectivity index (χ2n) is 6.01. The Bertz CT molecular complexity index is 862. The van der Waals surface area contributed by atoms with Gasteiger partial charge < -0.3 is 24.6 Å². The summed E-state index contributed by atoms with van der Waals surface area (Å²) < 4.78 is 10.4. The van der Waals surface area contributed by atoms with E-state index in [1.54, 1.807) is 12.3 Å². The van der Waals surface area contributed by atoms with E-state index in [1.165, 1.54) is 20.3 Å². The van der Waals surface area contributed by atoms with E-state index in [2.05, 4.69) is 4.98 Å². The minimum Gasteiger partial charge on any atom is -0.493 e. The number of aromatic nitrogens is 1. The number of nitro groups is 1. The standard InChI is InChI=1S/C17H21N3O4.C2H2O4/c1-19(9-7-14-6-4-5-8-18-14)12-13-10-16(23-2)17(24-3)11-15(13)20(21)22;3-1(4)2(5)6/h4-6,8,10-11H,7,9,12H2,1-3H3;(H,3,4)(H,5,6). The lowest BCUT2D eigenvalue weighted by atomic mass is 10.1. The van der Waals surface area contributed by atoms with Crippen molar-refractivity contribution >= 4 is 17.6 Å². The first-order chi connectivity index (χ1) is 14.2. The number of carboxylic acids is 2. The van der Waals surface area contributed by atoms with Crippen LogP contribution >= 0.6 is 0 Å². The predicted molar refractivity (Wildman–Crippen MR) is 106 cm³/mol. The molecule has 0 fully saturated rings. The molecule has 0 aliphatic carbocycles. The number of nitro benzene ring substituents is 1. The second kappa shape index (κ2) is 12.0. The van der Waals surface area contributed by atoms with Crippen LogP contribution in [0.1, 0.15) is 11.3 Å². The van der Waals surface area contributed by atoms with Crippen LogP contribution in [0.2, 0.25) is 0 Å². The number of pyridine rings is 1. The van der Waals surface area contributed by atoms with Crippen LogP contribution in [0.25, 0.3) is 0 Å². The fourth-order valence-electron chi connectivity index (χ4n) is 2.43. The fraction of sp³-hybridized carbons (Fsp3) is 0.316. The molecule has 0 radical (unpaired) electrons. The van der Waals surface area contributed by atoms with Crippen LogP contribution in [0.4, 0.5) is 5.69 Å². The van der Waals surface area contributed by atoms with E-state index in [-0.39, 0.29) is 5.69 Å². The van der Waals surface area contributed by atoms with Gasteiger partial charge in [0, 0.05) is 37.0 Å². The van der Waals surface area contributed by atoms with Crippen LogP contribution in [-0.4, -0.2) is 64.8 Å². The highest BCUT2D eigenvalue weighted by atomic mass is 16.6. The number of likely N-dealkylation sites (N-methyl/N-ethyl adjacent to an activating group) is 1. The SMILES string of the molecule is COc1cc(CN(C)CCc2ccccn2)c([N+](=O)[O-])cc1OC.O=C(O)C(=O)O. The lowest BCUT2D eigenvalue weighted by molar-refractivity contribution is -0.385. The van der Waals surface area contributed by atoms with E-state index in [0.29, 0.717) is 23.6 Å². The minimum atomic E-state index is -1.82. The number of aliphatic carboxylic acids is 2. The first-order valence-electron chi connectivity index (χ1n) is 8.63. The zero-order valence-corrected chi connectivity index (χ0v) is 16.8. The molecule has 0 saturated heterocycles. The zero-order chi connectivity index (χ0) is 22.7. The molecule has 30 heavy (non-hydrogen) atoms. The van der Waals surface area contributed by atoms with Crippen molar-refractivity contribution < 1.29 is 34.2 Å². The van der Waals surface area contributed by atoms with Crippen molar-refractivity contribution in [1.82, 2.24) is 9.88 Å². The highest BCUT2D eigenvalue weighted by Gasteiger charge is 2.20. The number of ether oxygens (including phenoxy) is 2. The van der Waals surface area contributed by atoms with E-state index in [1.807, 2.05) is 30.1 Å². The van der Waals surface area contributed by atoms with Gasteiger partial charge in [-0.05, 0) is 25.2 Å². The molecule has 1 aromatic heterocycles. The first-order valence-corrected chi connectivity index (χ1v) is 8.63. The van der Waals surface area contributed by atoms with Gasteiger partial charge >= 0.3 is 11.9 Å². The maximum absolute atomic E-state index is 11.3. The van der Waals surface area contributed by atoms with E-state index in [9.17, 15) is 10.1 Å². The molecule has 2 rings (SSSR count). The zero-order valence-electron chi connectivity index (χ0n) is 16.8. The van der Waals surface area contributed by atoms with Gasteiger partial charge in [-0.25, -0.2) is 9.59 Å². The third-order valence-electron chi connectivity index (χ3n) is 3.88. The van der Waals surface area contributed by atoms with E-state index in [0.717, 1.165) is 18.7 Å². The molecule has 11 nitrogen and oxygen atoms in total. The Morgan fingerprint density at radius 1 is 1.13 bits per heavy atom. The van der Waals surface area contributed by atoms with Gasteiger partial charge in [-0.2, -0.15) is 0 Å². The summed E-state index contributed by atoms with van der Waals surface area (Å²) in [6, 6.07) is 8.85. The van der Waals surface area contributed by atoms with E-state index < -0.39 is 16.9 Å². The van der Waals surface area contributed by atoms with Crippen molar-refractivity contribution in [2.24, 2.45) is 0 Å². The van der Waals surface area contributed by atoms with Gasteiger partial charge in [-0.15, -0.1) is 0 Å². The molecule has 0 spiro atoms. The monoisotopic (exact) mass is 421 g/mol. The Morgan fingerprint density at radius 2 is 1.73 bits per heavy atom. The molecule has 0 bridgehead atoms. The number of rotatable bonds is 8. The lowest BCUT2D eigenvalue weighted by Gasteiger charge is -2.17. The third kappa shape index (κ3) is 7.72. The van der Waals surface area contributed by atoms with Crippen LogP contribution in [0, 0.1) is 10.1 Å². The molecule has 0 unspecified atom stereocenters. The molecular formula is C19H23N3O8. The summed E-state index contributed by atoms with van der Waals surface area (Å²) in [5, 5.41) is 26.1. The molecule has 1 aromatic carbocycles. The van der Waals surface area contributed by atoms with Gasteiger partial charge in [-0.3, -0.25) is 15.1 Å². The maximum Gasteiger partial charge on any atom is 0.414 e. The van der Waals surface area contributed by atoms with Crippen molar-refractivity contribution in [1.29, 1.82) is 0 Å².